The molecule has 0 spiro atoms. The van der Waals surface area contributed by atoms with Crippen LogP contribution in [-0.4, -0.2) is 34.9 Å². The summed E-state index contributed by atoms with van der Waals surface area (Å²) >= 11 is 0. The fourth-order valence-corrected chi connectivity index (χ4v) is 1.97. The molecule has 0 saturated heterocycles. The molecule has 82 valence electrons. The van der Waals surface area contributed by atoms with Crippen LogP contribution in [0, 0.1) is 5.92 Å². The van der Waals surface area contributed by atoms with Crippen molar-refractivity contribution in [1.29, 1.82) is 0 Å². The molecule has 0 aromatic heterocycles. The standard InChI is InChI=1S/C10H19NO3/c1-8-2-4-10(7-12,5-3-8)11-6-9(13)14/h8,11-12H,2-7H2,1H3,(H,13,14). The summed E-state index contributed by atoms with van der Waals surface area (Å²) in [5.41, 5.74) is -0.342. The van der Waals surface area contributed by atoms with Gasteiger partial charge in [-0.1, -0.05) is 6.92 Å². The Balaban J connectivity index is 2.45. The van der Waals surface area contributed by atoms with Crippen molar-refractivity contribution in [2.75, 3.05) is 13.2 Å². The van der Waals surface area contributed by atoms with Crippen LogP contribution in [-0.2, 0) is 4.79 Å². The minimum atomic E-state index is -0.864. The summed E-state index contributed by atoms with van der Waals surface area (Å²) in [5, 5.41) is 20.8. The van der Waals surface area contributed by atoms with Gasteiger partial charge in [0.05, 0.1) is 13.2 Å². The highest BCUT2D eigenvalue weighted by Gasteiger charge is 2.33. The van der Waals surface area contributed by atoms with Gasteiger partial charge in [-0.25, -0.2) is 0 Å². The summed E-state index contributed by atoms with van der Waals surface area (Å²) < 4.78 is 0. The SMILES string of the molecule is CC1CCC(CO)(NCC(=O)O)CC1. The number of carbonyl (C=O) groups is 1. The number of rotatable bonds is 4. The van der Waals surface area contributed by atoms with Gasteiger partial charge in [-0.3, -0.25) is 10.1 Å². The Labute approximate surface area is 84.3 Å². The van der Waals surface area contributed by atoms with E-state index in [1.807, 2.05) is 0 Å². The first-order valence-electron chi connectivity index (χ1n) is 5.16. The Morgan fingerprint density at radius 3 is 2.50 bits per heavy atom. The smallest absolute Gasteiger partial charge is 0.317 e. The number of carboxylic acid groups (broad SMARTS) is 1. The van der Waals surface area contributed by atoms with Crippen molar-refractivity contribution in [3.63, 3.8) is 0 Å². The molecule has 0 amide bonds. The van der Waals surface area contributed by atoms with Gasteiger partial charge in [0, 0.05) is 5.54 Å². The Morgan fingerprint density at radius 2 is 2.07 bits per heavy atom. The molecule has 0 aromatic carbocycles. The second kappa shape index (κ2) is 4.75. The van der Waals surface area contributed by atoms with Crippen molar-refractivity contribution in [1.82, 2.24) is 5.32 Å². The van der Waals surface area contributed by atoms with E-state index in [9.17, 15) is 9.90 Å². The highest BCUT2D eigenvalue weighted by Crippen LogP contribution is 2.31. The van der Waals surface area contributed by atoms with Crippen molar-refractivity contribution < 1.29 is 15.0 Å². The quantitative estimate of drug-likeness (QED) is 0.623. The number of aliphatic hydroxyl groups excluding tert-OH is 1. The van der Waals surface area contributed by atoms with Crippen molar-refractivity contribution in [3.8, 4) is 0 Å². The minimum Gasteiger partial charge on any atom is -0.480 e. The van der Waals surface area contributed by atoms with E-state index in [0.29, 0.717) is 5.92 Å². The van der Waals surface area contributed by atoms with Crippen LogP contribution in [0.1, 0.15) is 32.6 Å². The number of hydrogen-bond donors (Lipinski definition) is 3. The molecular weight excluding hydrogens is 182 g/mol. The highest BCUT2D eigenvalue weighted by atomic mass is 16.4. The van der Waals surface area contributed by atoms with E-state index in [1.54, 1.807) is 0 Å². The van der Waals surface area contributed by atoms with Gasteiger partial charge in [0.15, 0.2) is 0 Å². The van der Waals surface area contributed by atoms with Crippen molar-refractivity contribution in [2.45, 2.75) is 38.1 Å². The summed E-state index contributed by atoms with van der Waals surface area (Å²) in [6, 6.07) is 0. The molecular formula is C10H19NO3. The third-order valence-corrected chi connectivity index (χ3v) is 3.15. The molecule has 0 radical (unpaired) electrons. The van der Waals surface area contributed by atoms with Crippen LogP contribution in [0.15, 0.2) is 0 Å². The Hall–Kier alpha value is -0.610. The average Bonchev–Trinajstić information content (AvgIpc) is 2.18. The number of nitrogens with one attached hydrogen (secondary N) is 1. The van der Waals surface area contributed by atoms with Gasteiger partial charge in [0.1, 0.15) is 0 Å². The first kappa shape index (κ1) is 11.5. The van der Waals surface area contributed by atoms with Crippen LogP contribution in [0.2, 0.25) is 0 Å². The first-order valence-corrected chi connectivity index (χ1v) is 5.16. The van der Waals surface area contributed by atoms with Crippen molar-refractivity contribution in [3.05, 3.63) is 0 Å². The zero-order valence-corrected chi connectivity index (χ0v) is 8.62. The van der Waals surface area contributed by atoms with Crippen LogP contribution in [0.25, 0.3) is 0 Å². The Bertz CT molecular complexity index is 198. The monoisotopic (exact) mass is 201 g/mol. The lowest BCUT2D eigenvalue weighted by atomic mass is 9.77. The van der Waals surface area contributed by atoms with E-state index >= 15 is 0 Å². The fourth-order valence-electron chi connectivity index (χ4n) is 1.97. The lowest BCUT2D eigenvalue weighted by Crippen LogP contribution is -2.52. The Kier molecular flexibility index (Phi) is 3.89. The average molecular weight is 201 g/mol. The van der Waals surface area contributed by atoms with Gasteiger partial charge in [-0.05, 0) is 31.6 Å². The number of aliphatic carboxylic acids is 1. The van der Waals surface area contributed by atoms with Crippen LogP contribution in [0.3, 0.4) is 0 Å². The zero-order chi connectivity index (χ0) is 10.6. The van der Waals surface area contributed by atoms with Gasteiger partial charge in [0.25, 0.3) is 0 Å². The van der Waals surface area contributed by atoms with Crippen molar-refractivity contribution in [2.24, 2.45) is 5.92 Å². The molecule has 0 heterocycles. The first-order chi connectivity index (χ1) is 6.58. The molecule has 4 nitrogen and oxygen atoms in total. The van der Waals surface area contributed by atoms with E-state index in [-0.39, 0.29) is 18.7 Å². The molecule has 1 aliphatic carbocycles. The fraction of sp³-hybridized carbons (Fsp3) is 0.900. The molecule has 14 heavy (non-hydrogen) atoms. The summed E-state index contributed by atoms with van der Waals surface area (Å²) in [6.07, 6.45) is 3.87. The highest BCUT2D eigenvalue weighted by molar-refractivity contribution is 5.69. The van der Waals surface area contributed by atoms with E-state index in [0.717, 1.165) is 25.7 Å². The lowest BCUT2D eigenvalue weighted by molar-refractivity contribution is -0.136. The molecule has 0 aromatic rings. The second-order valence-corrected chi connectivity index (χ2v) is 4.37. The molecule has 0 unspecified atom stereocenters. The summed E-state index contributed by atoms with van der Waals surface area (Å²) in [6.45, 7) is 2.17. The van der Waals surface area contributed by atoms with Crippen LogP contribution in [0.4, 0.5) is 0 Å². The molecule has 1 fully saturated rings. The topological polar surface area (TPSA) is 69.6 Å². The molecule has 3 N–H and O–H groups in total. The maximum absolute atomic E-state index is 10.4. The van der Waals surface area contributed by atoms with Gasteiger partial charge in [-0.2, -0.15) is 0 Å². The molecule has 4 heteroatoms. The van der Waals surface area contributed by atoms with Crippen LogP contribution in [0.5, 0.6) is 0 Å². The van der Waals surface area contributed by atoms with Gasteiger partial charge in [0.2, 0.25) is 0 Å². The number of carboxylic acids is 1. The van der Waals surface area contributed by atoms with Gasteiger partial charge in [-0.15, -0.1) is 0 Å². The van der Waals surface area contributed by atoms with E-state index < -0.39 is 5.97 Å². The largest absolute Gasteiger partial charge is 0.480 e. The minimum absolute atomic E-state index is 0.0347. The molecule has 1 rings (SSSR count). The van der Waals surface area contributed by atoms with E-state index in [4.69, 9.17) is 5.11 Å². The van der Waals surface area contributed by atoms with E-state index in [2.05, 4.69) is 12.2 Å². The van der Waals surface area contributed by atoms with Gasteiger partial charge >= 0.3 is 5.97 Å². The molecule has 1 aliphatic rings. The molecule has 0 bridgehead atoms. The second-order valence-electron chi connectivity index (χ2n) is 4.37. The van der Waals surface area contributed by atoms with Crippen molar-refractivity contribution >= 4 is 5.97 Å². The van der Waals surface area contributed by atoms with E-state index in [1.165, 1.54) is 0 Å². The third kappa shape index (κ3) is 2.96. The third-order valence-electron chi connectivity index (χ3n) is 3.15. The predicted octanol–water partition coefficient (Wildman–Crippen LogP) is 0.602. The summed E-state index contributed by atoms with van der Waals surface area (Å²) in [7, 11) is 0. The number of aliphatic hydroxyl groups is 1. The maximum Gasteiger partial charge on any atom is 0.317 e. The number of hydrogen-bond acceptors (Lipinski definition) is 3. The lowest BCUT2D eigenvalue weighted by Gasteiger charge is -2.38. The summed E-state index contributed by atoms with van der Waals surface area (Å²) in [5.74, 6) is -0.169. The van der Waals surface area contributed by atoms with Gasteiger partial charge < -0.3 is 10.2 Å². The molecule has 0 atom stereocenters. The van der Waals surface area contributed by atoms with Crippen LogP contribution < -0.4 is 5.32 Å². The molecule has 1 saturated carbocycles. The van der Waals surface area contributed by atoms with Crippen LogP contribution >= 0.6 is 0 Å². The zero-order valence-electron chi connectivity index (χ0n) is 8.62. The predicted molar refractivity (Wildman–Crippen MR) is 53.1 cm³/mol. The summed E-state index contributed by atoms with van der Waals surface area (Å²) in [4.78, 5) is 10.4. The molecule has 0 aliphatic heterocycles. The maximum atomic E-state index is 10.4. The normalized spacial score (nSPS) is 32.9. The Morgan fingerprint density at radius 1 is 1.50 bits per heavy atom.